The molecule has 0 unspecified atom stereocenters. The molecule has 1 N–H and O–H groups in total. The number of benzene rings is 1. The van der Waals surface area contributed by atoms with E-state index in [1.165, 1.54) is 14.2 Å². The summed E-state index contributed by atoms with van der Waals surface area (Å²) >= 11 is 0. The average molecular weight is 367 g/mol. The van der Waals surface area contributed by atoms with E-state index in [0.717, 1.165) is 17.2 Å². The number of anilines is 1. The first-order chi connectivity index (χ1) is 12.9. The van der Waals surface area contributed by atoms with Gasteiger partial charge in [-0.2, -0.15) is 0 Å². The molecule has 0 atom stereocenters. The van der Waals surface area contributed by atoms with Crippen molar-refractivity contribution in [1.29, 1.82) is 0 Å². The van der Waals surface area contributed by atoms with Crippen LogP contribution in [0.25, 0.3) is 5.95 Å². The number of nitrogens with zero attached hydrogens (tertiary/aromatic N) is 4. The number of imidazole rings is 1. The van der Waals surface area contributed by atoms with Gasteiger partial charge in [-0.15, -0.1) is 0 Å². The van der Waals surface area contributed by atoms with Crippen molar-refractivity contribution in [2.24, 2.45) is 0 Å². The Kier molecular flexibility index (Phi) is 5.07. The van der Waals surface area contributed by atoms with Crippen LogP contribution in [0.15, 0.2) is 30.6 Å². The maximum absolute atomic E-state index is 12.5. The van der Waals surface area contributed by atoms with E-state index in [-0.39, 0.29) is 5.91 Å². The van der Waals surface area contributed by atoms with Crippen LogP contribution in [0.2, 0.25) is 0 Å². The Morgan fingerprint density at radius 3 is 2.07 bits per heavy atom. The van der Waals surface area contributed by atoms with Crippen LogP contribution in [0, 0.1) is 20.8 Å². The molecule has 8 heteroatoms. The predicted molar refractivity (Wildman–Crippen MR) is 101 cm³/mol. The van der Waals surface area contributed by atoms with Crippen LogP contribution in [-0.2, 0) is 0 Å². The number of carbonyl (C=O) groups is 1. The molecule has 1 amide bonds. The third kappa shape index (κ3) is 3.74. The van der Waals surface area contributed by atoms with Crippen molar-refractivity contribution in [2.45, 2.75) is 20.8 Å². The first kappa shape index (κ1) is 18.4. The summed E-state index contributed by atoms with van der Waals surface area (Å²) in [5.74, 6) is 2.08. The highest BCUT2D eigenvalue weighted by atomic mass is 16.5. The summed E-state index contributed by atoms with van der Waals surface area (Å²) < 4.78 is 12.3. The van der Waals surface area contributed by atoms with Crippen LogP contribution in [0.3, 0.4) is 0 Å². The van der Waals surface area contributed by atoms with Crippen molar-refractivity contribution >= 4 is 11.6 Å². The number of aryl methyl sites for hydroxylation is 2. The molecule has 3 rings (SSSR count). The van der Waals surface area contributed by atoms with E-state index in [1.54, 1.807) is 30.6 Å². The fourth-order valence-electron chi connectivity index (χ4n) is 2.72. The predicted octanol–water partition coefficient (Wildman–Crippen LogP) is 2.86. The molecule has 0 aliphatic carbocycles. The highest BCUT2D eigenvalue weighted by Gasteiger charge is 2.13. The molecule has 0 saturated carbocycles. The Balaban J connectivity index is 1.81. The van der Waals surface area contributed by atoms with Gasteiger partial charge in [0.15, 0.2) is 0 Å². The second-order valence-electron chi connectivity index (χ2n) is 5.99. The molecule has 0 aliphatic heterocycles. The normalized spacial score (nSPS) is 10.6. The SMILES string of the molecule is COc1cc(OC)cc(C(=O)Nc2cnc(-n3c(C)nc(C)c3C)nc2)c1. The molecule has 0 fully saturated rings. The molecule has 0 radical (unpaired) electrons. The van der Waals surface area contributed by atoms with Crippen LogP contribution in [-0.4, -0.2) is 39.6 Å². The van der Waals surface area contributed by atoms with Crippen molar-refractivity contribution in [1.82, 2.24) is 19.5 Å². The lowest BCUT2D eigenvalue weighted by Gasteiger charge is -2.10. The van der Waals surface area contributed by atoms with E-state index in [4.69, 9.17) is 9.47 Å². The Labute approximate surface area is 157 Å². The van der Waals surface area contributed by atoms with Gasteiger partial charge < -0.3 is 14.8 Å². The number of nitrogens with one attached hydrogen (secondary N) is 1. The zero-order chi connectivity index (χ0) is 19.6. The number of carbonyl (C=O) groups excluding carboxylic acids is 1. The third-order valence-electron chi connectivity index (χ3n) is 4.22. The van der Waals surface area contributed by atoms with Crippen molar-refractivity contribution in [2.75, 3.05) is 19.5 Å². The summed E-state index contributed by atoms with van der Waals surface area (Å²) in [6, 6.07) is 4.97. The standard InChI is InChI=1S/C19H21N5O3/c1-11-12(2)24(13(3)22-11)19-20-9-15(10-21-19)23-18(25)14-6-16(26-4)8-17(7-14)27-5/h6-10H,1-5H3,(H,23,25). The van der Waals surface area contributed by atoms with Gasteiger partial charge in [0, 0.05) is 17.3 Å². The van der Waals surface area contributed by atoms with Crippen molar-refractivity contribution < 1.29 is 14.3 Å². The molecule has 2 aromatic heterocycles. The minimum Gasteiger partial charge on any atom is -0.497 e. The van der Waals surface area contributed by atoms with E-state index in [1.807, 2.05) is 25.3 Å². The molecule has 0 bridgehead atoms. The number of rotatable bonds is 5. The Morgan fingerprint density at radius 2 is 1.59 bits per heavy atom. The van der Waals surface area contributed by atoms with E-state index in [2.05, 4.69) is 20.3 Å². The third-order valence-corrected chi connectivity index (χ3v) is 4.22. The first-order valence-electron chi connectivity index (χ1n) is 8.32. The second-order valence-corrected chi connectivity index (χ2v) is 5.99. The minimum atomic E-state index is -0.311. The number of ether oxygens (including phenoxy) is 2. The van der Waals surface area contributed by atoms with Gasteiger partial charge in [-0.25, -0.2) is 15.0 Å². The summed E-state index contributed by atoms with van der Waals surface area (Å²) in [7, 11) is 3.07. The lowest BCUT2D eigenvalue weighted by atomic mass is 10.2. The molecule has 8 nitrogen and oxygen atoms in total. The molecule has 0 saturated heterocycles. The van der Waals surface area contributed by atoms with Gasteiger partial charge in [-0.3, -0.25) is 9.36 Å². The van der Waals surface area contributed by atoms with Gasteiger partial charge in [0.25, 0.3) is 5.91 Å². The molecule has 140 valence electrons. The smallest absolute Gasteiger partial charge is 0.256 e. The van der Waals surface area contributed by atoms with Crippen LogP contribution in [0.4, 0.5) is 5.69 Å². The van der Waals surface area contributed by atoms with Gasteiger partial charge >= 0.3 is 0 Å². The summed E-state index contributed by atoms with van der Waals surface area (Å²) in [6.07, 6.45) is 3.12. The maximum atomic E-state index is 12.5. The average Bonchev–Trinajstić information content (AvgIpc) is 2.93. The number of amides is 1. The fraction of sp³-hybridized carbons (Fsp3) is 0.263. The molecule has 0 spiro atoms. The number of aromatic nitrogens is 4. The summed E-state index contributed by atoms with van der Waals surface area (Å²) in [5.41, 5.74) is 2.80. The molecule has 3 aromatic rings. The fourth-order valence-corrected chi connectivity index (χ4v) is 2.72. The summed E-state index contributed by atoms with van der Waals surface area (Å²) in [4.78, 5) is 25.6. The lowest BCUT2D eigenvalue weighted by molar-refractivity contribution is 0.102. The maximum Gasteiger partial charge on any atom is 0.256 e. The van der Waals surface area contributed by atoms with Gasteiger partial charge in [-0.05, 0) is 32.9 Å². The van der Waals surface area contributed by atoms with E-state index < -0.39 is 0 Å². The topological polar surface area (TPSA) is 91.2 Å². The van der Waals surface area contributed by atoms with Crippen LogP contribution in [0.5, 0.6) is 11.5 Å². The van der Waals surface area contributed by atoms with Crippen molar-refractivity contribution in [3.05, 3.63) is 53.4 Å². The van der Waals surface area contributed by atoms with Crippen LogP contribution >= 0.6 is 0 Å². The molecule has 0 aliphatic rings. The number of methoxy groups -OCH3 is 2. The Bertz CT molecular complexity index is 958. The largest absolute Gasteiger partial charge is 0.497 e. The van der Waals surface area contributed by atoms with E-state index in [0.29, 0.717) is 28.7 Å². The highest BCUT2D eigenvalue weighted by Crippen LogP contribution is 2.23. The minimum absolute atomic E-state index is 0.311. The summed E-state index contributed by atoms with van der Waals surface area (Å²) in [6.45, 7) is 5.80. The molecule has 27 heavy (non-hydrogen) atoms. The Morgan fingerprint density at radius 1 is 1.00 bits per heavy atom. The van der Waals surface area contributed by atoms with E-state index >= 15 is 0 Å². The van der Waals surface area contributed by atoms with Gasteiger partial charge in [0.2, 0.25) is 5.95 Å². The first-order valence-corrected chi connectivity index (χ1v) is 8.32. The quantitative estimate of drug-likeness (QED) is 0.746. The van der Waals surface area contributed by atoms with Crippen LogP contribution in [0.1, 0.15) is 27.6 Å². The zero-order valence-electron chi connectivity index (χ0n) is 15.9. The van der Waals surface area contributed by atoms with Crippen LogP contribution < -0.4 is 14.8 Å². The Hall–Kier alpha value is -3.42. The van der Waals surface area contributed by atoms with Crippen molar-refractivity contribution in [3.63, 3.8) is 0 Å². The monoisotopic (exact) mass is 367 g/mol. The number of hydrogen-bond acceptors (Lipinski definition) is 6. The van der Waals surface area contributed by atoms with E-state index in [9.17, 15) is 4.79 Å². The lowest BCUT2D eigenvalue weighted by Crippen LogP contribution is -2.13. The molecular formula is C19H21N5O3. The number of hydrogen-bond donors (Lipinski definition) is 1. The second kappa shape index (κ2) is 7.45. The molecule has 1 aromatic carbocycles. The summed E-state index contributed by atoms with van der Waals surface area (Å²) in [5, 5.41) is 2.77. The zero-order valence-corrected chi connectivity index (χ0v) is 15.9. The van der Waals surface area contributed by atoms with Gasteiger partial charge in [0.1, 0.15) is 17.3 Å². The van der Waals surface area contributed by atoms with Gasteiger partial charge in [-0.1, -0.05) is 0 Å². The molecular weight excluding hydrogens is 346 g/mol. The van der Waals surface area contributed by atoms with Crippen molar-refractivity contribution in [3.8, 4) is 17.4 Å². The molecule has 2 heterocycles. The van der Waals surface area contributed by atoms with Gasteiger partial charge in [0.05, 0.1) is 38.0 Å². The highest BCUT2D eigenvalue weighted by molar-refractivity contribution is 6.04.